The largest absolute Gasteiger partial charge is 0.311 e. The molecular weight excluding hydrogens is 401 g/mol. The van der Waals surface area contributed by atoms with Crippen molar-refractivity contribution in [3.8, 4) is 0 Å². The van der Waals surface area contributed by atoms with Crippen LogP contribution >= 0.6 is 11.6 Å². The number of benzene rings is 1. The number of carbonyl (C=O) groups is 1. The lowest BCUT2D eigenvalue weighted by Gasteiger charge is -2.17. The lowest BCUT2D eigenvalue weighted by molar-refractivity contribution is -0.117. The van der Waals surface area contributed by atoms with Gasteiger partial charge in [0, 0.05) is 24.2 Å². The molecule has 2 fully saturated rings. The van der Waals surface area contributed by atoms with Crippen LogP contribution in [0, 0.1) is 23.6 Å². The van der Waals surface area contributed by atoms with Crippen molar-refractivity contribution < 1.29 is 9.18 Å². The normalized spacial score (nSPS) is 25.4. The topological polar surface area (TPSA) is 54.9 Å². The minimum Gasteiger partial charge on any atom is -0.311 e. The van der Waals surface area contributed by atoms with Crippen molar-refractivity contribution in [3.63, 3.8) is 0 Å². The molecular formula is C24H23ClFN3O. The first-order valence-electron chi connectivity index (χ1n) is 10.5. The second-order valence-corrected chi connectivity index (χ2v) is 9.14. The predicted octanol–water partition coefficient (Wildman–Crippen LogP) is 5.97. The molecule has 0 bridgehead atoms. The van der Waals surface area contributed by atoms with Gasteiger partial charge in [-0.05, 0) is 91.3 Å². The summed E-state index contributed by atoms with van der Waals surface area (Å²) < 4.78 is 13.8. The summed E-state index contributed by atoms with van der Waals surface area (Å²) in [4.78, 5) is 20.9. The third kappa shape index (κ3) is 3.91. The van der Waals surface area contributed by atoms with Gasteiger partial charge in [0.1, 0.15) is 11.6 Å². The van der Waals surface area contributed by atoms with Crippen LogP contribution in [0.2, 0.25) is 5.02 Å². The Morgan fingerprint density at radius 1 is 1.07 bits per heavy atom. The van der Waals surface area contributed by atoms with Crippen molar-refractivity contribution in [2.24, 2.45) is 17.8 Å². The Bertz CT molecular complexity index is 1070. The molecule has 1 aromatic carbocycles. The van der Waals surface area contributed by atoms with E-state index < -0.39 is 0 Å². The van der Waals surface area contributed by atoms with Gasteiger partial charge in [0.05, 0.1) is 10.5 Å². The zero-order valence-electron chi connectivity index (χ0n) is 16.5. The smallest absolute Gasteiger partial charge is 0.225 e. The average Bonchev–Trinajstić information content (AvgIpc) is 3.27. The van der Waals surface area contributed by atoms with E-state index in [2.05, 4.69) is 21.4 Å². The lowest BCUT2D eigenvalue weighted by atomic mass is 9.89. The highest BCUT2D eigenvalue weighted by molar-refractivity contribution is 6.30. The van der Waals surface area contributed by atoms with E-state index in [1.165, 1.54) is 17.8 Å². The molecule has 1 amide bonds. The number of hydrogen-bond acceptors (Lipinski definition) is 3. The van der Waals surface area contributed by atoms with Gasteiger partial charge < -0.3 is 5.32 Å². The van der Waals surface area contributed by atoms with Crippen LogP contribution in [-0.4, -0.2) is 15.9 Å². The molecule has 4 atom stereocenters. The van der Waals surface area contributed by atoms with Crippen LogP contribution < -0.4 is 5.32 Å². The van der Waals surface area contributed by atoms with Gasteiger partial charge in [-0.25, -0.2) is 9.37 Å². The lowest BCUT2D eigenvalue weighted by Crippen LogP contribution is -2.16. The Kier molecular flexibility index (Phi) is 5.15. The highest BCUT2D eigenvalue weighted by Gasteiger charge is 2.42. The SMILES string of the molecule is O=C(C[C@@H]1C[C@@H]2C[C@H](c3ccnc4ccc(F)cc34)C[C@@H]2C1)Nc1ccc(Cl)cn1. The van der Waals surface area contributed by atoms with E-state index in [9.17, 15) is 9.18 Å². The number of fused-ring (bicyclic) bond motifs is 2. The van der Waals surface area contributed by atoms with Gasteiger partial charge in [0.15, 0.2) is 0 Å². The van der Waals surface area contributed by atoms with Crippen molar-refractivity contribution in [1.29, 1.82) is 0 Å². The molecule has 2 aromatic heterocycles. The molecule has 2 saturated carbocycles. The molecule has 30 heavy (non-hydrogen) atoms. The van der Waals surface area contributed by atoms with Gasteiger partial charge in [-0.1, -0.05) is 11.6 Å². The number of aromatic nitrogens is 2. The van der Waals surface area contributed by atoms with Crippen molar-refractivity contribution >= 4 is 34.2 Å². The number of pyridine rings is 2. The molecule has 6 heteroatoms. The van der Waals surface area contributed by atoms with Crippen LogP contribution in [0.1, 0.15) is 43.6 Å². The molecule has 2 aliphatic rings. The number of hydrogen-bond donors (Lipinski definition) is 1. The van der Waals surface area contributed by atoms with E-state index >= 15 is 0 Å². The standard InChI is InChI=1S/C24H23ClFN3O/c25-18-1-4-23(28-13-18)29-24(30)9-14-7-15-10-17(11-16(15)8-14)20-5-6-27-22-3-2-19(26)12-21(20)22/h1-6,12-17H,7-11H2,(H,28,29,30)/t14-,15-,16+,17+. The number of nitrogens with one attached hydrogen (secondary N) is 1. The second-order valence-electron chi connectivity index (χ2n) is 8.70. The highest BCUT2D eigenvalue weighted by atomic mass is 35.5. The Labute approximate surface area is 179 Å². The average molecular weight is 424 g/mol. The van der Waals surface area contributed by atoms with Crippen LogP contribution in [0.3, 0.4) is 0 Å². The van der Waals surface area contributed by atoms with Gasteiger partial charge in [0.25, 0.3) is 0 Å². The maximum absolute atomic E-state index is 13.8. The monoisotopic (exact) mass is 423 g/mol. The van der Waals surface area contributed by atoms with Gasteiger partial charge in [0.2, 0.25) is 5.91 Å². The summed E-state index contributed by atoms with van der Waals surface area (Å²) in [6.07, 6.45) is 8.28. The third-order valence-electron chi connectivity index (χ3n) is 6.76. The Hall–Kier alpha value is -2.53. The molecule has 3 aromatic rings. The van der Waals surface area contributed by atoms with Crippen LogP contribution in [0.25, 0.3) is 10.9 Å². The van der Waals surface area contributed by atoms with Crippen molar-refractivity contribution in [3.05, 3.63) is 65.2 Å². The maximum atomic E-state index is 13.8. The summed E-state index contributed by atoms with van der Waals surface area (Å²) in [7, 11) is 0. The van der Waals surface area contributed by atoms with E-state index in [1.54, 1.807) is 24.3 Å². The van der Waals surface area contributed by atoms with Crippen molar-refractivity contribution in [2.75, 3.05) is 5.32 Å². The molecule has 2 heterocycles. The van der Waals surface area contributed by atoms with E-state index in [0.717, 1.165) is 36.6 Å². The third-order valence-corrected chi connectivity index (χ3v) is 6.98. The summed E-state index contributed by atoms with van der Waals surface area (Å²) in [5.41, 5.74) is 2.08. The van der Waals surface area contributed by atoms with Crippen molar-refractivity contribution in [2.45, 2.75) is 38.0 Å². The Morgan fingerprint density at radius 3 is 2.60 bits per heavy atom. The number of rotatable bonds is 4. The molecule has 4 nitrogen and oxygen atoms in total. The van der Waals surface area contributed by atoms with Crippen LogP contribution in [0.15, 0.2) is 48.8 Å². The van der Waals surface area contributed by atoms with Gasteiger partial charge in [-0.15, -0.1) is 0 Å². The molecule has 0 unspecified atom stereocenters. The number of carbonyl (C=O) groups excluding carboxylic acids is 1. The fraction of sp³-hybridized carbons (Fsp3) is 0.375. The summed E-state index contributed by atoms with van der Waals surface area (Å²) >= 11 is 5.84. The zero-order chi connectivity index (χ0) is 20.7. The summed E-state index contributed by atoms with van der Waals surface area (Å²) in [6.45, 7) is 0. The van der Waals surface area contributed by atoms with E-state index in [-0.39, 0.29) is 11.7 Å². The van der Waals surface area contributed by atoms with E-state index in [4.69, 9.17) is 11.6 Å². The fourth-order valence-electron chi connectivity index (χ4n) is 5.56. The van der Waals surface area contributed by atoms with Gasteiger partial charge >= 0.3 is 0 Å². The summed E-state index contributed by atoms with van der Waals surface area (Å²) in [5, 5.41) is 4.36. The van der Waals surface area contributed by atoms with Crippen LogP contribution in [0.5, 0.6) is 0 Å². The molecule has 5 rings (SSSR count). The first-order valence-corrected chi connectivity index (χ1v) is 10.9. The summed E-state index contributed by atoms with van der Waals surface area (Å²) in [5.74, 6) is 2.48. The zero-order valence-corrected chi connectivity index (χ0v) is 17.3. The fourth-order valence-corrected chi connectivity index (χ4v) is 5.68. The molecule has 0 saturated heterocycles. The number of amides is 1. The van der Waals surface area contributed by atoms with Gasteiger partial charge in [-0.2, -0.15) is 0 Å². The minimum atomic E-state index is -0.212. The first-order chi connectivity index (χ1) is 14.5. The molecule has 154 valence electrons. The van der Waals surface area contributed by atoms with E-state index in [0.29, 0.717) is 40.9 Å². The number of nitrogens with zero attached hydrogens (tertiary/aromatic N) is 2. The number of anilines is 1. The Morgan fingerprint density at radius 2 is 1.87 bits per heavy atom. The molecule has 2 aliphatic carbocycles. The molecule has 0 spiro atoms. The highest BCUT2D eigenvalue weighted by Crippen LogP contribution is 2.53. The predicted molar refractivity (Wildman–Crippen MR) is 116 cm³/mol. The first kappa shape index (κ1) is 19.4. The maximum Gasteiger partial charge on any atom is 0.225 e. The molecule has 0 radical (unpaired) electrons. The molecule has 1 N–H and O–H groups in total. The summed E-state index contributed by atoms with van der Waals surface area (Å²) in [6, 6.07) is 10.3. The Balaban J connectivity index is 1.21. The van der Waals surface area contributed by atoms with Crippen molar-refractivity contribution in [1.82, 2.24) is 9.97 Å². The minimum absolute atomic E-state index is 0.0157. The van der Waals surface area contributed by atoms with Crippen LogP contribution in [-0.2, 0) is 4.79 Å². The number of halogens is 2. The second kappa shape index (κ2) is 7.95. The van der Waals surface area contributed by atoms with E-state index in [1.807, 2.05) is 6.20 Å². The van der Waals surface area contributed by atoms with Crippen LogP contribution in [0.4, 0.5) is 10.2 Å². The molecule has 0 aliphatic heterocycles. The quantitative estimate of drug-likeness (QED) is 0.562. The van der Waals surface area contributed by atoms with Gasteiger partial charge in [-0.3, -0.25) is 9.78 Å².